The van der Waals surface area contributed by atoms with Gasteiger partial charge in [-0.1, -0.05) is 19.8 Å². The van der Waals surface area contributed by atoms with E-state index in [1.54, 1.807) is 0 Å². The van der Waals surface area contributed by atoms with Crippen molar-refractivity contribution < 1.29 is 0 Å². The number of hydrogen-bond donors (Lipinski definition) is 2. The Hall–Kier alpha value is -1.13. The Bertz CT molecular complexity index is 347. The van der Waals surface area contributed by atoms with Crippen LogP contribution in [0.4, 0.5) is 5.82 Å². The van der Waals surface area contributed by atoms with Crippen LogP contribution in [0.5, 0.6) is 0 Å². The van der Waals surface area contributed by atoms with E-state index in [4.69, 9.17) is 5.84 Å². The molecule has 1 fully saturated rings. The number of hydrogen-bond acceptors (Lipinski definition) is 4. The smallest absolute Gasteiger partial charge is 0.140 e. The highest BCUT2D eigenvalue weighted by atomic mass is 15.2. The lowest BCUT2D eigenvalue weighted by atomic mass is 10.1. The highest BCUT2D eigenvalue weighted by Crippen LogP contribution is 2.24. The Balaban J connectivity index is 2.01. The fourth-order valence-electron chi connectivity index (χ4n) is 2.65. The molecule has 94 valence electrons. The molecule has 1 aromatic heterocycles. The van der Waals surface area contributed by atoms with Gasteiger partial charge >= 0.3 is 0 Å². The van der Waals surface area contributed by atoms with Crippen LogP contribution in [0, 0.1) is 0 Å². The lowest BCUT2D eigenvalue weighted by Gasteiger charge is -2.27. The van der Waals surface area contributed by atoms with E-state index in [1.165, 1.54) is 31.2 Å². The molecule has 1 aliphatic carbocycles. The van der Waals surface area contributed by atoms with Crippen molar-refractivity contribution in [3.05, 3.63) is 23.9 Å². The van der Waals surface area contributed by atoms with Gasteiger partial charge in [0.05, 0.1) is 0 Å². The van der Waals surface area contributed by atoms with Gasteiger partial charge in [0.15, 0.2) is 0 Å². The molecule has 1 aromatic rings. The quantitative estimate of drug-likeness (QED) is 0.605. The van der Waals surface area contributed by atoms with Crippen LogP contribution in [0.3, 0.4) is 0 Å². The number of nitrogens with one attached hydrogen (secondary N) is 1. The van der Waals surface area contributed by atoms with Crippen LogP contribution in [0.25, 0.3) is 0 Å². The maximum atomic E-state index is 5.38. The average Bonchev–Trinajstić information content (AvgIpc) is 2.90. The minimum absolute atomic E-state index is 0.741. The van der Waals surface area contributed by atoms with E-state index in [0.717, 1.165) is 24.9 Å². The maximum Gasteiger partial charge on any atom is 0.140 e. The van der Waals surface area contributed by atoms with Crippen LogP contribution in [-0.4, -0.2) is 22.5 Å². The van der Waals surface area contributed by atoms with Gasteiger partial charge in [-0.25, -0.2) is 10.8 Å². The summed E-state index contributed by atoms with van der Waals surface area (Å²) in [7, 11) is 0. The van der Waals surface area contributed by atoms with Crippen molar-refractivity contribution >= 4 is 5.82 Å². The Morgan fingerprint density at radius 2 is 2.24 bits per heavy atom. The van der Waals surface area contributed by atoms with Gasteiger partial charge in [0, 0.05) is 18.8 Å². The molecule has 0 aliphatic heterocycles. The Kier molecular flexibility index (Phi) is 4.34. The van der Waals surface area contributed by atoms with Crippen LogP contribution in [0.15, 0.2) is 18.3 Å². The number of pyridine rings is 1. The van der Waals surface area contributed by atoms with Gasteiger partial charge in [-0.2, -0.15) is 0 Å². The van der Waals surface area contributed by atoms with Crippen molar-refractivity contribution in [3.63, 3.8) is 0 Å². The Morgan fingerprint density at radius 3 is 2.88 bits per heavy atom. The van der Waals surface area contributed by atoms with Crippen molar-refractivity contribution in [1.82, 2.24) is 9.88 Å². The zero-order valence-electron chi connectivity index (χ0n) is 10.5. The van der Waals surface area contributed by atoms with Gasteiger partial charge in [0.2, 0.25) is 0 Å². The molecule has 17 heavy (non-hydrogen) atoms. The summed E-state index contributed by atoms with van der Waals surface area (Å²) in [6.45, 7) is 4.35. The molecule has 0 amide bonds. The van der Waals surface area contributed by atoms with E-state index in [2.05, 4.69) is 28.3 Å². The highest BCUT2D eigenvalue weighted by Gasteiger charge is 2.21. The van der Waals surface area contributed by atoms with Crippen LogP contribution in [-0.2, 0) is 6.54 Å². The zero-order chi connectivity index (χ0) is 12.1. The maximum absolute atomic E-state index is 5.38. The molecule has 0 bridgehead atoms. The van der Waals surface area contributed by atoms with E-state index in [0.29, 0.717) is 0 Å². The fraction of sp³-hybridized carbons (Fsp3) is 0.615. The van der Waals surface area contributed by atoms with Gasteiger partial charge in [-0.05, 0) is 37.1 Å². The molecule has 2 rings (SSSR count). The number of nitrogen functional groups attached to an aromatic ring is 1. The molecule has 1 saturated carbocycles. The number of nitrogens with two attached hydrogens (primary N) is 1. The standard InChI is InChI=1S/C13H22N4/c1-2-17(12-5-3-4-6-12)10-11-7-8-15-13(9-11)16-14/h7-9,12H,2-6,10,14H2,1H3,(H,15,16). The number of anilines is 1. The molecular formula is C13H22N4. The molecular weight excluding hydrogens is 212 g/mol. The fourth-order valence-corrected chi connectivity index (χ4v) is 2.65. The molecule has 4 heteroatoms. The van der Waals surface area contributed by atoms with E-state index >= 15 is 0 Å². The second kappa shape index (κ2) is 5.98. The lowest BCUT2D eigenvalue weighted by Crippen LogP contribution is -2.32. The van der Waals surface area contributed by atoms with Crippen LogP contribution >= 0.6 is 0 Å². The summed E-state index contributed by atoms with van der Waals surface area (Å²) in [5.41, 5.74) is 3.88. The van der Waals surface area contributed by atoms with Gasteiger partial charge < -0.3 is 5.43 Å². The average molecular weight is 234 g/mol. The van der Waals surface area contributed by atoms with Crippen molar-refractivity contribution in [2.45, 2.75) is 45.2 Å². The third kappa shape index (κ3) is 3.17. The Morgan fingerprint density at radius 1 is 1.47 bits per heavy atom. The molecule has 0 spiro atoms. The van der Waals surface area contributed by atoms with Gasteiger partial charge in [0.25, 0.3) is 0 Å². The third-order valence-electron chi connectivity index (χ3n) is 3.61. The first kappa shape index (κ1) is 12.3. The normalized spacial score (nSPS) is 16.6. The Labute approximate surface area is 103 Å². The second-order valence-electron chi connectivity index (χ2n) is 4.70. The molecule has 0 atom stereocenters. The summed E-state index contributed by atoms with van der Waals surface area (Å²) in [5, 5.41) is 0. The first-order valence-electron chi connectivity index (χ1n) is 6.49. The van der Waals surface area contributed by atoms with E-state index < -0.39 is 0 Å². The highest BCUT2D eigenvalue weighted by molar-refractivity contribution is 5.35. The zero-order valence-corrected chi connectivity index (χ0v) is 10.5. The molecule has 0 unspecified atom stereocenters. The van der Waals surface area contributed by atoms with Crippen molar-refractivity contribution in [3.8, 4) is 0 Å². The largest absolute Gasteiger partial charge is 0.308 e. The van der Waals surface area contributed by atoms with Gasteiger partial charge in [-0.15, -0.1) is 0 Å². The van der Waals surface area contributed by atoms with E-state index in [1.807, 2.05) is 12.3 Å². The minimum atomic E-state index is 0.741. The number of rotatable bonds is 5. The van der Waals surface area contributed by atoms with E-state index in [9.17, 15) is 0 Å². The molecule has 1 aliphatic rings. The molecule has 3 N–H and O–H groups in total. The molecule has 0 saturated heterocycles. The van der Waals surface area contributed by atoms with Crippen LogP contribution in [0.2, 0.25) is 0 Å². The van der Waals surface area contributed by atoms with Crippen LogP contribution in [0.1, 0.15) is 38.2 Å². The minimum Gasteiger partial charge on any atom is -0.308 e. The molecule has 4 nitrogen and oxygen atoms in total. The summed E-state index contributed by atoms with van der Waals surface area (Å²) in [6, 6.07) is 4.86. The lowest BCUT2D eigenvalue weighted by molar-refractivity contribution is 0.200. The number of hydrazine groups is 1. The molecule has 0 radical (unpaired) electrons. The molecule has 0 aromatic carbocycles. The third-order valence-corrected chi connectivity index (χ3v) is 3.61. The monoisotopic (exact) mass is 234 g/mol. The summed E-state index contributed by atoms with van der Waals surface area (Å²) < 4.78 is 0. The first-order chi connectivity index (χ1) is 8.33. The SMILES string of the molecule is CCN(Cc1ccnc(NN)c1)C1CCCC1. The van der Waals surface area contributed by atoms with Gasteiger partial charge in [-0.3, -0.25) is 4.90 Å². The summed E-state index contributed by atoms with van der Waals surface area (Å²) in [5.74, 6) is 6.12. The predicted molar refractivity (Wildman–Crippen MR) is 70.4 cm³/mol. The summed E-state index contributed by atoms with van der Waals surface area (Å²) in [6.07, 6.45) is 7.27. The predicted octanol–water partition coefficient (Wildman–Crippen LogP) is 2.13. The molecule has 1 heterocycles. The van der Waals surface area contributed by atoms with E-state index in [-0.39, 0.29) is 0 Å². The van der Waals surface area contributed by atoms with Gasteiger partial charge in [0.1, 0.15) is 5.82 Å². The topological polar surface area (TPSA) is 54.2 Å². The van der Waals surface area contributed by atoms with Crippen LogP contribution < -0.4 is 11.3 Å². The summed E-state index contributed by atoms with van der Waals surface area (Å²) in [4.78, 5) is 6.69. The number of nitrogens with zero attached hydrogens (tertiary/aromatic N) is 2. The van der Waals surface area contributed by atoms with Crippen molar-refractivity contribution in [2.75, 3.05) is 12.0 Å². The summed E-state index contributed by atoms with van der Waals surface area (Å²) >= 11 is 0. The second-order valence-corrected chi connectivity index (χ2v) is 4.70. The number of aromatic nitrogens is 1. The first-order valence-corrected chi connectivity index (χ1v) is 6.49. The van der Waals surface area contributed by atoms with Crippen molar-refractivity contribution in [2.24, 2.45) is 5.84 Å². The van der Waals surface area contributed by atoms with Crippen molar-refractivity contribution in [1.29, 1.82) is 0 Å².